The van der Waals surface area contributed by atoms with Gasteiger partial charge in [0.1, 0.15) is 11.5 Å². The Hall–Kier alpha value is -1.35. The zero-order valence-electron chi connectivity index (χ0n) is 11.7. The number of carbonyl (C=O) groups is 1. The molecule has 0 saturated heterocycles. The molecule has 0 aliphatic heterocycles. The molecule has 0 amide bonds. The summed E-state index contributed by atoms with van der Waals surface area (Å²) in [5, 5.41) is 0. The second kappa shape index (κ2) is 6.20. The summed E-state index contributed by atoms with van der Waals surface area (Å²) >= 11 is 0. The van der Waals surface area contributed by atoms with Crippen molar-refractivity contribution in [3.05, 3.63) is 29.8 Å². The highest BCUT2D eigenvalue weighted by molar-refractivity contribution is 5.87. The maximum absolute atomic E-state index is 12.6. The van der Waals surface area contributed by atoms with E-state index in [1.165, 1.54) is 6.42 Å². The molecule has 1 aromatic rings. The lowest BCUT2D eigenvalue weighted by Gasteiger charge is -2.34. The van der Waals surface area contributed by atoms with Crippen LogP contribution in [-0.2, 0) is 11.2 Å². The number of ether oxygens (including phenoxy) is 1. The van der Waals surface area contributed by atoms with E-state index in [1.807, 2.05) is 24.3 Å². The van der Waals surface area contributed by atoms with Crippen molar-refractivity contribution in [1.82, 2.24) is 0 Å². The summed E-state index contributed by atoms with van der Waals surface area (Å²) in [4.78, 5) is 12.6. The third-order valence-corrected chi connectivity index (χ3v) is 4.29. The number of hydrogen-bond acceptors (Lipinski definition) is 3. The molecule has 1 aromatic carbocycles. The Morgan fingerprint density at radius 3 is 2.68 bits per heavy atom. The van der Waals surface area contributed by atoms with E-state index in [2.05, 4.69) is 0 Å². The van der Waals surface area contributed by atoms with E-state index in [0.717, 1.165) is 37.0 Å². The average molecular weight is 261 g/mol. The number of ketones is 1. The monoisotopic (exact) mass is 261 g/mol. The van der Waals surface area contributed by atoms with Crippen LogP contribution in [0.25, 0.3) is 0 Å². The van der Waals surface area contributed by atoms with Gasteiger partial charge in [-0.15, -0.1) is 0 Å². The van der Waals surface area contributed by atoms with Gasteiger partial charge in [0.15, 0.2) is 0 Å². The van der Waals surface area contributed by atoms with Crippen LogP contribution in [0.15, 0.2) is 24.3 Å². The van der Waals surface area contributed by atoms with E-state index < -0.39 is 0 Å². The molecule has 3 nitrogen and oxygen atoms in total. The first-order valence-corrected chi connectivity index (χ1v) is 7.06. The van der Waals surface area contributed by atoms with Crippen molar-refractivity contribution in [1.29, 1.82) is 0 Å². The quantitative estimate of drug-likeness (QED) is 0.886. The minimum atomic E-state index is -0.276. The van der Waals surface area contributed by atoms with Crippen molar-refractivity contribution in [2.45, 2.75) is 38.5 Å². The Labute approximate surface area is 115 Å². The van der Waals surface area contributed by atoms with Gasteiger partial charge in [-0.05, 0) is 30.5 Å². The molecule has 104 valence electrons. The largest absolute Gasteiger partial charge is 0.497 e. The van der Waals surface area contributed by atoms with Crippen molar-refractivity contribution in [2.75, 3.05) is 13.7 Å². The summed E-state index contributed by atoms with van der Waals surface area (Å²) in [6.07, 6.45) is 5.85. The first kappa shape index (κ1) is 14.1. The molecule has 0 radical (unpaired) electrons. The van der Waals surface area contributed by atoms with Crippen LogP contribution in [0, 0.1) is 5.41 Å². The third kappa shape index (κ3) is 3.16. The summed E-state index contributed by atoms with van der Waals surface area (Å²) in [5.74, 6) is 1.10. The molecule has 3 heteroatoms. The zero-order valence-corrected chi connectivity index (χ0v) is 11.7. The van der Waals surface area contributed by atoms with Crippen LogP contribution in [-0.4, -0.2) is 19.4 Å². The maximum atomic E-state index is 12.6. The van der Waals surface area contributed by atoms with Crippen molar-refractivity contribution in [3.8, 4) is 5.75 Å². The minimum absolute atomic E-state index is 0.276. The second-order valence-corrected chi connectivity index (χ2v) is 5.50. The molecule has 1 aliphatic rings. The third-order valence-electron chi connectivity index (χ3n) is 4.29. The van der Waals surface area contributed by atoms with Crippen LogP contribution in [0.3, 0.4) is 0 Å². The highest BCUT2D eigenvalue weighted by Gasteiger charge is 2.37. The van der Waals surface area contributed by atoms with Crippen molar-refractivity contribution in [2.24, 2.45) is 11.1 Å². The molecule has 19 heavy (non-hydrogen) atoms. The molecule has 0 spiro atoms. The lowest BCUT2D eigenvalue weighted by Crippen LogP contribution is -2.41. The first-order valence-electron chi connectivity index (χ1n) is 7.06. The smallest absolute Gasteiger partial charge is 0.144 e. The molecule has 0 heterocycles. The highest BCUT2D eigenvalue weighted by Crippen LogP contribution is 2.37. The second-order valence-electron chi connectivity index (χ2n) is 5.50. The molecule has 2 rings (SSSR count). The Bertz CT molecular complexity index is 436. The normalized spacial score (nSPS) is 18.0. The number of Topliss-reactive ketones (excluding diaryl/α,β-unsaturated/α-hetero) is 1. The maximum Gasteiger partial charge on any atom is 0.144 e. The van der Waals surface area contributed by atoms with Crippen molar-refractivity contribution < 1.29 is 9.53 Å². The molecule has 1 fully saturated rings. The van der Waals surface area contributed by atoms with Gasteiger partial charge in [-0.25, -0.2) is 0 Å². The van der Waals surface area contributed by atoms with Gasteiger partial charge in [-0.1, -0.05) is 31.4 Å². The van der Waals surface area contributed by atoms with E-state index >= 15 is 0 Å². The van der Waals surface area contributed by atoms with E-state index in [1.54, 1.807) is 7.11 Å². The van der Waals surface area contributed by atoms with Crippen LogP contribution in [0.5, 0.6) is 5.75 Å². The van der Waals surface area contributed by atoms with E-state index in [-0.39, 0.29) is 5.41 Å². The van der Waals surface area contributed by atoms with Crippen LogP contribution in [0.2, 0.25) is 0 Å². The SMILES string of the molecule is COc1cccc(CC(=O)C2(CN)CCCCC2)c1. The Kier molecular flexibility index (Phi) is 4.59. The number of nitrogens with two attached hydrogens (primary N) is 1. The number of methoxy groups -OCH3 is 1. The van der Waals surface area contributed by atoms with Gasteiger partial charge in [0.05, 0.1) is 7.11 Å². The molecule has 0 aromatic heterocycles. The molecular formula is C16H23NO2. The number of rotatable bonds is 5. The molecular weight excluding hydrogens is 238 g/mol. The van der Waals surface area contributed by atoms with Gasteiger partial charge in [0.25, 0.3) is 0 Å². The summed E-state index contributed by atoms with van der Waals surface area (Å²) in [6.45, 7) is 0.482. The topological polar surface area (TPSA) is 52.3 Å². The van der Waals surface area contributed by atoms with Crippen molar-refractivity contribution >= 4 is 5.78 Å². The van der Waals surface area contributed by atoms with Crippen LogP contribution in [0.4, 0.5) is 0 Å². The highest BCUT2D eigenvalue weighted by atomic mass is 16.5. The number of hydrogen-bond donors (Lipinski definition) is 1. The summed E-state index contributed by atoms with van der Waals surface area (Å²) in [7, 11) is 1.64. The summed E-state index contributed by atoms with van der Waals surface area (Å²) in [5.41, 5.74) is 6.64. The lowest BCUT2D eigenvalue weighted by molar-refractivity contribution is -0.129. The molecule has 1 saturated carbocycles. The van der Waals surface area contributed by atoms with Crippen LogP contribution in [0.1, 0.15) is 37.7 Å². The fourth-order valence-electron chi connectivity index (χ4n) is 2.98. The van der Waals surface area contributed by atoms with Crippen molar-refractivity contribution in [3.63, 3.8) is 0 Å². The van der Waals surface area contributed by atoms with Crippen LogP contribution < -0.4 is 10.5 Å². The molecule has 1 aliphatic carbocycles. The zero-order chi connectivity index (χ0) is 13.7. The Morgan fingerprint density at radius 1 is 1.32 bits per heavy atom. The van der Waals surface area contributed by atoms with Gasteiger partial charge in [-0.2, -0.15) is 0 Å². The van der Waals surface area contributed by atoms with E-state index in [9.17, 15) is 4.79 Å². The summed E-state index contributed by atoms with van der Waals surface area (Å²) in [6, 6.07) is 7.74. The standard InChI is InChI=1S/C16H23NO2/c1-19-14-7-5-6-13(10-14)11-15(18)16(12-17)8-3-2-4-9-16/h5-7,10H,2-4,8-9,11-12,17H2,1H3. The molecule has 2 N–H and O–H groups in total. The molecule has 0 bridgehead atoms. The predicted molar refractivity (Wildman–Crippen MR) is 76.3 cm³/mol. The number of carbonyl (C=O) groups excluding carboxylic acids is 1. The van der Waals surface area contributed by atoms with Gasteiger partial charge < -0.3 is 10.5 Å². The van der Waals surface area contributed by atoms with Crippen LogP contribution >= 0.6 is 0 Å². The van der Waals surface area contributed by atoms with Gasteiger partial charge in [0, 0.05) is 18.4 Å². The van der Waals surface area contributed by atoms with E-state index in [0.29, 0.717) is 18.7 Å². The van der Waals surface area contributed by atoms with Gasteiger partial charge >= 0.3 is 0 Å². The fraction of sp³-hybridized carbons (Fsp3) is 0.562. The minimum Gasteiger partial charge on any atom is -0.497 e. The average Bonchev–Trinajstić information content (AvgIpc) is 2.48. The first-order chi connectivity index (χ1) is 9.20. The van der Waals surface area contributed by atoms with E-state index in [4.69, 9.17) is 10.5 Å². The summed E-state index contributed by atoms with van der Waals surface area (Å²) < 4.78 is 5.20. The predicted octanol–water partition coefficient (Wildman–Crippen LogP) is 2.72. The number of benzene rings is 1. The molecule has 0 unspecified atom stereocenters. The Balaban J connectivity index is 2.10. The molecule has 0 atom stereocenters. The van der Waals surface area contributed by atoms with Gasteiger partial charge in [0.2, 0.25) is 0 Å². The van der Waals surface area contributed by atoms with Gasteiger partial charge in [-0.3, -0.25) is 4.79 Å². The Morgan fingerprint density at radius 2 is 2.05 bits per heavy atom. The lowest BCUT2D eigenvalue weighted by atomic mass is 9.70. The fourth-order valence-corrected chi connectivity index (χ4v) is 2.98.